The predicted octanol–water partition coefficient (Wildman–Crippen LogP) is 2.37. The molecule has 1 aliphatic carbocycles. The number of halogens is 1. The number of Topliss-reactive ketones (excluding diaryl/α,β-unsaturated/α-hetero) is 1. The molecule has 0 saturated heterocycles. The van der Waals surface area contributed by atoms with Gasteiger partial charge in [0, 0.05) is 25.0 Å². The van der Waals surface area contributed by atoms with Crippen LogP contribution in [0.25, 0.3) is 0 Å². The van der Waals surface area contributed by atoms with Gasteiger partial charge in [0.1, 0.15) is 0 Å². The maximum Gasteiger partial charge on any atom is 0.340 e. The molecular formula is C15H18BrNO5S. The number of carbonyl (C=O) groups is 2. The second kappa shape index (κ2) is 7.11. The Morgan fingerprint density at radius 3 is 2.61 bits per heavy atom. The molecule has 0 bridgehead atoms. The van der Waals surface area contributed by atoms with E-state index < -0.39 is 22.1 Å². The van der Waals surface area contributed by atoms with Crippen LogP contribution < -0.4 is 0 Å². The predicted molar refractivity (Wildman–Crippen MR) is 87.7 cm³/mol. The zero-order chi connectivity index (χ0) is 17.2. The van der Waals surface area contributed by atoms with E-state index in [1.807, 2.05) is 0 Å². The summed E-state index contributed by atoms with van der Waals surface area (Å²) < 4.78 is 31.1. The maximum atomic E-state index is 12.3. The van der Waals surface area contributed by atoms with Gasteiger partial charge in [-0.2, -0.15) is 0 Å². The van der Waals surface area contributed by atoms with Crippen molar-refractivity contribution in [3.8, 4) is 0 Å². The van der Waals surface area contributed by atoms with Crippen LogP contribution in [-0.4, -0.2) is 44.7 Å². The first-order valence-electron chi connectivity index (χ1n) is 7.19. The molecule has 2 rings (SSSR count). The van der Waals surface area contributed by atoms with Crippen molar-refractivity contribution < 1.29 is 22.7 Å². The van der Waals surface area contributed by atoms with Gasteiger partial charge in [-0.1, -0.05) is 0 Å². The molecule has 1 saturated carbocycles. The highest BCUT2D eigenvalue weighted by Crippen LogP contribution is 2.25. The fourth-order valence-corrected chi connectivity index (χ4v) is 3.64. The van der Waals surface area contributed by atoms with Crippen molar-refractivity contribution in [1.29, 1.82) is 0 Å². The highest BCUT2D eigenvalue weighted by Gasteiger charge is 2.28. The van der Waals surface area contributed by atoms with Gasteiger partial charge in [-0.25, -0.2) is 17.5 Å². The second-order valence-electron chi connectivity index (χ2n) is 5.54. The van der Waals surface area contributed by atoms with Gasteiger partial charge >= 0.3 is 5.97 Å². The lowest BCUT2D eigenvalue weighted by atomic mass is 9.96. The van der Waals surface area contributed by atoms with Gasteiger partial charge in [0.25, 0.3) is 0 Å². The molecule has 0 spiro atoms. The first-order chi connectivity index (χ1) is 10.7. The van der Waals surface area contributed by atoms with Gasteiger partial charge in [0.15, 0.2) is 11.9 Å². The summed E-state index contributed by atoms with van der Waals surface area (Å²) in [5.74, 6) is -0.786. The van der Waals surface area contributed by atoms with Crippen molar-refractivity contribution in [3.05, 3.63) is 28.2 Å². The van der Waals surface area contributed by atoms with Crippen molar-refractivity contribution in [2.75, 3.05) is 14.1 Å². The third kappa shape index (κ3) is 3.99. The molecule has 0 heterocycles. The minimum atomic E-state index is -3.66. The lowest BCUT2D eigenvalue weighted by molar-refractivity contribution is -0.129. The first kappa shape index (κ1) is 18.1. The molecule has 1 fully saturated rings. The summed E-state index contributed by atoms with van der Waals surface area (Å²) in [4.78, 5) is 24.1. The Morgan fingerprint density at radius 1 is 1.30 bits per heavy atom. The van der Waals surface area contributed by atoms with E-state index in [1.54, 1.807) is 0 Å². The minimum Gasteiger partial charge on any atom is -0.451 e. The quantitative estimate of drug-likeness (QED) is 0.720. The summed E-state index contributed by atoms with van der Waals surface area (Å²) >= 11 is 3.22. The van der Waals surface area contributed by atoms with Crippen molar-refractivity contribution in [1.82, 2.24) is 4.31 Å². The van der Waals surface area contributed by atoms with Gasteiger partial charge in [-0.05, 0) is 53.4 Å². The monoisotopic (exact) mass is 403 g/mol. The van der Waals surface area contributed by atoms with Gasteiger partial charge in [-0.15, -0.1) is 0 Å². The van der Waals surface area contributed by atoms with Crippen LogP contribution in [0.1, 0.15) is 36.0 Å². The van der Waals surface area contributed by atoms with Crippen LogP contribution in [0.4, 0.5) is 0 Å². The second-order valence-corrected chi connectivity index (χ2v) is 8.54. The summed E-state index contributed by atoms with van der Waals surface area (Å²) in [6.45, 7) is 0. The summed E-state index contributed by atoms with van der Waals surface area (Å²) in [6.07, 6.45) is 1.83. The van der Waals surface area contributed by atoms with E-state index in [-0.39, 0.29) is 16.2 Å². The third-order valence-corrected chi connectivity index (χ3v) is 6.19. The molecule has 8 heteroatoms. The van der Waals surface area contributed by atoms with E-state index in [4.69, 9.17) is 4.74 Å². The molecule has 0 aromatic heterocycles. The maximum absolute atomic E-state index is 12.3. The number of nitrogens with zero attached hydrogens (tertiary/aromatic N) is 1. The number of hydrogen-bond donors (Lipinski definition) is 0. The SMILES string of the molecule is CN(C)S(=O)(=O)c1ccc(Br)c(C(=O)O[C@H]2CCCCC2=O)c1. The Balaban J connectivity index is 2.28. The molecule has 0 unspecified atom stereocenters. The first-order valence-corrected chi connectivity index (χ1v) is 9.42. The van der Waals surface area contributed by atoms with E-state index in [0.717, 1.165) is 17.1 Å². The number of rotatable bonds is 4. The largest absolute Gasteiger partial charge is 0.451 e. The van der Waals surface area contributed by atoms with E-state index in [1.165, 1.54) is 32.3 Å². The Labute approximate surface area is 144 Å². The molecule has 0 N–H and O–H groups in total. The zero-order valence-electron chi connectivity index (χ0n) is 12.9. The van der Waals surface area contributed by atoms with Gasteiger partial charge < -0.3 is 4.74 Å². The fourth-order valence-electron chi connectivity index (χ4n) is 2.30. The number of esters is 1. The number of ether oxygens (including phenoxy) is 1. The molecule has 0 amide bonds. The Kier molecular flexibility index (Phi) is 5.59. The van der Waals surface area contributed by atoms with E-state index >= 15 is 0 Å². The number of ketones is 1. The molecule has 126 valence electrons. The minimum absolute atomic E-state index is 0.00683. The third-order valence-electron chi connectivity index (χ3n) is 3.68. The molecule has 0 radical (unpaired) electrons. The van der Waals surface area contributed by atoms with E-state index in [2.05, 4.69) is 15.9 Å². The van der Waals surface area contributed by atoms with Crippen molar-refractivity contribution in [2.45, 2.75) is 36.7 Å². The highest BCUT2D eigenvalue weighted by atomic mass is 79.9. The Bertz CT molecular complexity index is 729. The molecular weight excluding hydrogens is 386 g/mol. The number of sulfonamides is 1. The van der Waals surface area contributed by atoms with Crippen LogP contribution in [0.15, 0.2) is 27.6 Å². The van der Waals surface area contributed by atoms with Crippen LogP contribution in [-0.2, 0) is 19.6 Å². The highest BCUT2D eigenvalue weighted by molar-refractivity contribution is 9.10. The van der Waals surface area contributed by atoms with Crippen LogP contribution in [0.5, 0.6) is 0 Å². The van der Waals surface area contributed by atoms with Gasteiger partial charge in [-0.3, -0.25) is 4.79 Å². The molecule has 6 nitrogen and oxygen atoms in total. The number of carbonyl (C=O) groups excluding carboxylic acids is 2. The molecule has 1 atom stereocenters. The lowest BCUT2D eigenvalue weighted by Gasteiger charge is -2.21. The summed E-state index contributed by atoms with van der Waals surface area (Å²) in [6, 6.07) is 4.15. The standard InChI is InChI=1S/C15H18BrNO5S/c1-17(2)23(20,21)10-7-8-12(16)11(9-10)15(19)22-14-6-4-3-5-13(14)18/h7-9,14H,3-6H2,1-2H3/t14-/m0/s1. The van der Waals surface area contributed by atoms with Crippen LogP contribution in [0.2, 0.25) is 0 Å². The number of hydrogen-bond acceptors (Lipinski definition) is 5. The van der Waals surface area contributed by atoms with Crippen molar-refractivity contribution >= 4 is 37.7 Å². The molecule has 1 aromatic carbocycles. The summed E-state index contributed by atoms with van der Waals surface area (Å²) in [5.41, 5.74) is 0.0892. The lowest BCUT2D eigenvalue weighted by Crippen LogP contribution is -2.30. The van der Waals surface area contributed by atoms with Crippen LogP contribution in [0, 0.1) is 0 Å². The Morgan fingerprint density at radius 2 is 2.00 bits per heavy atom. The molecule has 1 aromatic rings. The topological polar surface area (TPSA) is 80.8 Å². The normalized spacial score (nSPS) is 19.0. The van der Waals surface area contributed by atoms with Gasteiger partial charge in [0.2, 0.25) is 10.0 Å². The van der Waals surface area contributed by atoms with Crippen molar-refractivity contribution in [2.24, 2.45) is 0 Å². The van der Waals surface area contributed by atoms with Crippen LogP contribution >= 0.6 is 15.9 Å². The average molecular weight is 404 g/mol. The van der Waals surface area contributed by atoms with E-state index in [0.29, 0.717) is 17.3 Å². The average Bonchev–Trinajstić information content (AvgIpc) is 2.49. The smallest absolute Gasteiger partial charge is 0.340 e. The van der Waals surface area contributed by atoms with E-state index in [9.17, 15) is 18.0 Å². The summed E-state index contributed by atoms with van der Waals surface area (Å²) in [5, 5.41) is 0. The molecule has 0 aliphatic heterocycles. The zero-order valence-corrected chi connectivity index (χ0v) is 15.3. The van der Waals surface area contributed by atoms with Crippen molar-refractivity contribution in [3.63, 3.8) is 0 Å². The van der Waals surface area contributed by atoms with Crippen LogP contribution in [0.3, 0.4) is 0 Å². The Hall–Kier alpha value is -1.25. The molecule has 23 heavy (non-hydrogen) atoms. The number of benzene rings is 1. The fraction of sp³-hybridized carbons (Fsp3) is 0.467. The van der Waals surface area contributed by atoms with Gasteiger partial charge in [0.05, 0.1) is 10.5 Å². The molecule has 1 aliphatic rings. The summed E-state index contributed by atoms with van der Waals surface area (Å²) in [7, 11) is -0.830.